The van der Waals surface area contributed by atoms with Gasteiger partial charge in [0.05, 0.1) is 16.8 Å². The lowest BCUT2D eigenvalue weighted by Crippen LogP contribution is -2.17. The normalized spacial score (nSPS) is 11.0. The summed E-state index contributed by atoms with van der Waals surface area (Å²) in [5, 5.41) is 6.43. The maximum Gasteiger partial charge on any atom is 0.345 e. The van der Waals surface area contributed by atoms with Crippen LogP contribution in [0.3, 0.4) is 0 Å². The van der Waals surface area contributed by atoms with Crippen molar-refractivity contribution in [2.45, 2.75) is 13.5 Å². The van der Waals surface area contributed by atoms with Gasteiger partial charge in [0.1, 0.15) is 18.1 Å². The zero-order chi connectivity index (χ0) is 28.8. The number of carbonyl (C=O) groups excluding carboxylic acids is 2. The van der Waals surface area contributed by atoms with Crippen molar-refractivity contribution in [2.24, 2.45) is 5.10 Å². The maximum atomic E-state index is 12.9. The second kappa shape index (κ2) is 12.7. The van der Waals surface area contributed by atoms with E-state index in [-0.39, 0.29) is 16.3 Å². The molecule has 0 fully saturated rings. The number of aryl methyl sites for hydroxylation is 1. The molecule has 8 heteroatoms. The first-order valence-corrected chi connectivity index (χ1v) is 13.4. The van der Waals surface area contributed by atoms with E-state index in [4.69, 9.17) is 32.7 Å². The first kappa shape index (κ1) is 27.9. The van der Waals surface area contributed by atoms with Crippen LogP contribution in [-0.4, -0.2) is 18.1 Å². The number of hydrazone groups is 1. The summed E-state index contributed by atoms with van der Waals surface area (Å²) in [4.78, 5) is 25.7. The minimum Gasteiger partial charge on any atom is -0.489 e. The van der Waals surface area contributed by atoms with E-state index in [1.54, 1.807) is 36.4 Å². The van der Waals surface area contributed by atoms with Crippen LogP contribution >= 0.6 is 23.2 Å². The summed E-state index contributed by atoms with van der Waals surface area (Å²) in [6, 6.07) is 30.5. The molecule has 0 aliphatic carbocycles. The van der Waals surface area contributed by atoms with Crippen LogP contribution in [0.5, 0.6) is 11.5 Å². The smallest absolute Gasteiger partial charge is 0.345 e. The number of ether oxygens (including phenoxy) is 2. The molecule has 0 unspecified atom stereocenters. The number of hydrogen-bond donors (Lipinski definition) is 1. The summed E-state index contributed by atoms with van der Waals surface area (Å²) in [5.41, 5.74) is 5.88. The SMILES string of the molecule is Cc1ccc(COc2ccc(C(=O)N/N=C\c3c(OC(=O)c4ccc(Cl)cc4Cl)ccc4ccccc34)cc2)cc1. The van der Waals surface area contributed by atoms with Gasteiger partial charge in [-0.3, -0.25) is 4.79 Å². The van der Waals surface area contributed by atoms with Gasteiger partial charge in [-0.15, -0.1) is 0 Å². The summed E-state index contributed by atoms with van der Waals surface area (Å²) in [6.45, 7) is 2.46. The van der Waals surface area contributed by atoms with Gasteiger partial charge < -0.3 is 9.47 Å². The van der Waals surface area contributed by atoms with E-state index >= 15 is 0 Å². The monoisotopic (exact) mass is 582 g/mol. The molecule has 0 aliphatic rings. The minimum atomic E-state index is -0.648. The molecule has 5 aromatic carbocycles. The van der Waals surface area contributed by atoms with E-state index in [0.717, 1.165) is 16.3 Å². The fourth-order valence-corrected chi connectivity index (χ4v) is 4.57. The molecule has 0 heterocycles. The average molecular weight is 583 g/mol. The number of carbonyl (C=O) groups is 2. The van der Waals surface area contributed by atoms with Crippen molar-refractivity contribution in [1.82, 2.24) is 5.43 Å². The molecular weight excluding hydrogens is 559 g/mol. The van der Waals surface area contributed by atoms with Crippen molar-refractivity contribution < 1.29 is 19.1 Å². The van der Waals surface area contributed by atoms with Crippen LogP contribution in [0.25, 0.3) is 10.8 Å². The van der Waals surface area contributed by atoms with E-state index in [1.165, 1.54) is 23.9 Å². The number of amides is 1. The Balaban J connectivity index is 1.29. The van der Waals surface area contributed by atoms with Crippen LogP contribution in [0.15, 0.2) is 108 Å². The summed E-state index contributed by atoms with van der Waals surface area (Å²) in [7, 11) is 0. The van der Waals surface area contributed by atoms with Gasteiger partial charge in [0.25, 0.3) is 5.91 Å². The molecular formula is C33H24Cl2N2O4. The van der Waals surface area contributed by atoms with Crippen molar-refractivity contribution in [3.8, 4) is 11.5 Å². The molecule has 0 saturated carbocycles. The largest absolute Gasteiger partial charge is 0.489 e. The molecule has 0 atom stereocenters. The highest BCUT2D eigenvalue weighted by atomic mass is 35.5. The Morgan fingerprint density at radius 3 is 2.39 bits per heavy atom. The number of halogens is 2. The summed E-state index contributed by atoms with van der Waals surface area (Å²) < 4.78 is 11.5. The molecule has 0 saturated heterocycles. The lowest BCUT2D eigenvalue weighted by Gasteiger charge is -2.11. The van der Waals surface area contributed by atoms with E-state index in [1.807, 2.05) is 61.5 Å². The second-order valence-electron chi connectivity index (χ2n) is 9.21. The van der Waals surface area contributed by atoms with Gasteiger partial charge in [-0.25, -0.2) is 10.2 Å². The van der Waals surface area contributed by atoms with E-state index in [0.29, 0.717) is 28.5 Å². The molecule has 6 nitrogen and oxygen atoms in total. The lowest BCUT2D eigenvalue weighted by atomic mass is 10.0. The fraction of sp³-hybridized carbons (Fsp3) is 0.0606. The molecule has 0 spiro atoms. The van der Waals surface area contributed by atoms with Crippen LogP contribution < -0.4 is 14.9 Å². The molecule has 1 amide bonds. The Bertz CT molecular complexity index is 1750. The molecule has 5 aromatic rings. The number of fused-ring (bicyclic) bond motifs is 1. The average Bonchev–Trinajstić information content (AvgIpc) is 2.98. The zero-order valence-corrected chi connectivity index (χ0v) is 23.4. The number of esters is 1. The topological polar surface area (TPSA) is 77.0 Å². The van der Waals surface area contributed by atoms with E-state index in [9.17, 15) is 9.59 Å². The number of nitrogens with zero attached hydrogens (tertiary/aromatic N) is 1. The third kappa shape index (κ3) is 6.92. The zero-order valence-electron chi connectivity index (χ0n) is 21.9. The fourth-order valence-electron chi connectivity index (χ4n) is 4.08. The van der Waals surface area contributed by atoms with Crippen LogP contribution in [0.4, 0.5) is 0 Å². The quantitative estimate of drug-likeness (QED) is 0.0869. The Hall–Kier alpha value is -4.65. The van der Waals surface area contributed by atoms with Gasteiger partial charge in [-0.1, -0.05) is 83.4 Å². The van der Waals surface area contributed by atoms with Crippen molar-refractivity contribution in [3.63, 3.8) is 0 Å². The Morgan fingerprint density at radius 2 is 1.63 bits per heavy atom. The first-order valence-electron chi connectivity index (χ1n) is 12.7. The van der Waals surface area contributed by atoms with Gasteiger partial charge in [0.2, 0.25) is 0 Å². The maximum absolute atomic E-state index is 12.9. The van der Waals surface area contributed by atoms with Gasteiger partial charge in [0.15, 0.2) is 0 Å². The van der Waals surface area contributed by atoms with Gasteiger partial charge in [-0.05, 0) is 71.8 Å². The van der Waals surface area contributed by atoms with Crippen LogP contribution in [0.2, 0.25) is 10.0 Å². The van der Waals surface area contributed by atoms with Gasteiger partial charge in [0, 0.05) is 16.1 Å². The summed E-state index contributed by atoms with van der Waals surface area (Å²) >= 11 is 12.1. The Labute approximate surface area is 247 Å². The van der Waals surface area contributed by atoms with Crippen molar-refractivity contribution in [2.75, 3.05) is 0 Å². The third-order valence-electron chi connectivity index (χ3n) is 6.29. The molecule has 0 radical (unpaired) electrons. The summed E-state index contributed by atoms with van der Waals surface area (Å²) in [6.07, 6.45) is 1.45. The molecule has 5 rings (SSSR count). The van der Waals surface area contributed by atoms with Crippen molar-refractivity contribution in [3.05, 3.63) is 141 Å². The summed E-state index contributed by atoms with van der Waals surface area (Å²) in [5.74, 6) is -0.148. The van der Waals surface area contributed by atoms with Crippen molar-refractivity contribution >= 4 is 52.1 Å². The predicted molar refractivity (Wildman–Crippen MR) is 162 cm³/mol. The van der Waals surface area contributed by atoms with Crippen LogP contribution in [0, 0.1) is 6.92 Å². The minimum absolute atomic E-state index is 0.173. The van der Waals surface area contributed by atoms with Gasteiger partial charge >= 0.3 is 5.97 Å². The number of hydrogen-bond acceptors (Lipinski definition) is 5. The standard InChI is InChI=1S/C33H24Cl2N2O4/c1-21-6-8-22(9-7-21)20-40-26-14-10-24(11-15-26)32(38)37-36-19-29-27-5-3-2-4-23(27)12-17-31(29)41-33(39)28-16-13-25(34)18-30(28)35/h2-19H,20H2,1H3,(H,37,38)/b36-19-. The van der Waals surface area contributed by atoms with Crippen LogP contribution in [0.1, 0.15) is 37.4 Å². The molecule has 0 bridgehead atoms. The predicted octanol–water partition coefficient (Wildman–Crippen LogP) is 8.02. The Kier molecular flexibility index (Phi) is 8.63. The number of benzene rings is 5. The number of rotatable bonds is 8. The lowest BCUT2D eigenvalue weighted by molar-refractivity contribution is 0.0734. The highest BCUT2D eigenvalue weighted by Gasteiger charge is 2.16. The third-order valence-corrected chi connectivity index (χ3v) is 6.83. The number of nitrogens with one attached hydrogen (secondary N) is 1. The van der Waals surface area contributed by atoms with Crippen molar-refractivity contribution in [1.29, 1.82) is 0 Å². The van der Waals surface area contributed by atoms with Crippen LogP contribution in [-0.2, 0) is 6.61 Å². The first-order chi connectivity index (χ1) is 19.9. The van der Waals surface area contributed by atoms with E-state index < -0.39 is 11.9 Å². The highest BCUT2D eigenvalue weighted by Crippen LogP contribution is 2.29. The second-order valence-corrected chi connectivity index (χ2v) is 10.1. The molecule has 204 valence electrons. The highest BCUT2D eigenvalue weighted by molar-refractivity contribution is 6.36. The Morgan fingerprint density at radius 1 is 0.878 bits per heavy atom. The van der Waals surface area contributed by atoms with Gasteiger partial charge in [-0.2, -0.15) is 5.10 Å². The van der Waals surface area contributed by atoms with E-state index in [2.05, 4.69) is 10.5 Å². The molecule has 41 heavy (non-hydrogen) atoms. The molecule has 0 aromatic heterocycles. The molecule has 1 N–H and O–H groups in total. The molecule has 0 aliphatic heterocycles.